The highest BCUT2D eigenvalue weighted by Gasteiger charge is 2.01. The van der Waals surface area contributed by atoms with Gasteiger partial charge in [-0.3, -0.25) is 4.79 Å². The van der Waals surface area contributed by atoms with Crippen molar-refractivity contribution in [3.63, 3.8) is 0 Å². The molecule has 0 amide bonds. The van der Waals surface area contributed by atoms with E-state index in [4.69, 9.17) is 16.9 Å². The molecule has 0 radical (unpaired) electrons. The summed E-state index contributed by atoms with van der Waals surface area (Å²) in [5, 5.41) is 12.5. The minimum atomic E-state index is -0.136. The molecule has 0 heterocycles. The fourth-order valence-corrected chi connectivity index (χ4v) is 1.75. The Kier molecular flexibility index (Phi) is 4.54. The number of halogens is 1. The molecule has 0 atom stereocenters. The SMILES string of the molecule is N#Cc1ccccc1N/C=C/C(=O)c1ccc(Cl)cc1. The van der Waals surface area contributed by atoms with E-state index in [0.29, 0.717) is 21.8 Å². The third-order valence-electron chi connectivity index (χ3n) is 2.65. The fourth-order valence-electron chi connectivity index (χ4n) is 1.62. The quantitative estimate of drug-likeness (QED) is 0.681. The zero-order valence-electron chi connectivity index (χ0n) is 10.5. The van der Waals surface area contributed by atoms with E-state index < -0.39 is 0 Å². The molecule has 0 aromatic heterocycles. The molecule has 2 aromatic rings. The number of nitrogens with one attached hydrogen (secondary N) is 1. The maximum Gasteiger partial charge on any atom is 0.187 e. The Labute approximate surface area is 122 Å². The molecule has 0 saturated carbocycles. The van der Waals surface area contributed by atoms with Gasteiger partial charge in [0.15, 0.2) is 5.78 Å². The first-order chi connectivity index (χ1) is 9.70. The Morgan fingerprint density at radius 3 is 2.55 bits per heavy atom. The first-order valence-electron chi connectivity index (χ1n) is 5.93. The standard InChI is InChI=1S/C16H11ClN2O/c17-14-7-5-12(6-8-14)16(20)9-10-19-15-4-2-1-3-13(15)11-18/h1-10,19H/b10-9+. The molecule has 0 bridgehead atoms. The smallest absolute Gasteiger partial charge is 0.187 e. The maximum atomic E-state index is 11.9. The lowest BCUT2D eigenvalue weighted by atomic mass is 10.1. The van der Waals surface area contributed by atoms with Gasteiger partial charge < -0.3 is 5.32 Å². The number of nitriles is 1. The predicted molar refractivity (Wildman–Crippen MR) is 79.7 cm³/mol. The molecule has 0 aliphatic heterocycles. The summed E-state index contributed by atoms with van der Waals surface area (Å²) in [4.78, 5) is 11.9. The number of ketones is 1. The summed E-state index contributed by atoms with van der Waals surface area (Å²) in [6.45, 7) is 0. The molecular formula is C16H11ClN2O. The number of allylic oxidation sites excluding steroid dienone is 1. The van der Waals surface area contributed by atoms with E-state index in [1.54, 1.807) is 42.5 Å². The van der Waals surface area contributed by atoms with E-state index in [0.717, 1.165) is 0 Å². The van der Waals surface area contributed by atoms with Gasteiger partial charge in [0.1, 0.15) is 6.07 Å². The second-order valence-corrected chi connectivity index (χ2v) is 4.44. The van der Waals surface area contributed by atoms with E-state index in [9.17, 15) is 4.79 Å². The molecule has 1 N–H and O–H groups in total. The monoisotopic (exact) mass is 282 g/mol. The fraction of sp³-hybridized carbons (Fsp3) is 0. The highest BCUT2D eigenvalue weighted by atomic mass is 35.5. The Morgan fingerprint density at radius 2 is 1.85 bits per heavy atom. The Bertz CT molecular complexity index is 684. The molecule has 2 rings (SSSR count). The van der Waals surface area contributed by atoms with Crippen LogP contribution in [-0.2, 0) is 0 Å². The second-order valence-electron chi connectivity index (χ2n) is 4.01. The summed E-state index contributed by atoms with van der Waals surface area (Å²) >= 11 is 5.76. The van der Waals surface area contributed by atoms with Gasteiger partial charge in [-0.15, -0.1) is 0 Å². The van der Waals surface area contributed by atoms with Crippen molar-refractivity contribution in [1.29, 1.82) is 5.26 Å². The van der Waals surface area contributed by atoms with Crippen LogP contribution in [0.4, 0.5) is 5.69 Å². The topological polar surface area (TPSA) is 52.9 Å². The average Bonchev–Trinajstić information content (AvgIpc) is 2.48. The van der Waals surface area contributed by atoms with E-state index in [1.165, 1.54) is 12.3 Å². The van der Waals surface area contributed by atoms with Crippen molar-refractivity contribution in [3.05, 3.63) is 77.0 Å². The summed E-state index contributed by atoms with van der Waals surface area (Å²) in [6.07, 6.45) is 2.94. The van der Waals surface area contributed by atoms with E-state index in [2.05, 4.69) is 11.4 Å². The van der Waals surface area contributed by atoms with Gasteiger partial charge in [-0.2, -0.15) is 5.26 Å². The van der Waals surface area contributed by atoms with Crippen molar-refractivity contribution in [2.24, 2.45) is 0 Å². The number of benzene rings is 2. The van der Waals surface area contributed by atoms with Crippen molar-refractivity contribution in [3.8, 4) is 6.07 Å². The third kappa shape index (κ3) is 3.47. The van der Waals surface area contributed by atoms with Gasteiger partial charge in [0.2, 0.25) is 0 Å². The van der Waals surface area contributed by atoms with Crippen molar-refractivity contribution in [2.75, 3.05) is 5.32 Å². The third-order valence-corrected chi connectivity index (χ3v) is 2.90. The minimum absolute atomic E-state index is 0.136. The molecular weight excluding hydrogens is 272 g/mol. The second kappa shape index (κ2) is 6.55. The van der Waals surface area contributed by atoms with Crippen LogP contribution in [0, 0.1) is 11.3 Å². The van der Waals surface area contributed by atoms with Gasteiger partial charge in [0, 0.05) is 22.9 Å². The summed E-state index contributed by atoms with van der Waals surface area (Å²) in [5.74, 6) is -0.136. The number of anilines is 1. The maximum absolute atomic E-state index is 11.9. The number of rotatable bonds is 4. The molecule has 98 valence electrons. The number of hydrogen-bond donors (Lipinski definition) is 1. The molecule has 0 saturated heterocycles. The van der Waals surface area contributed by atoms with Gasteiger partial charge in [0.05, 0.1) is 11.3 Å². The Morgan fingerprint density at radius 1 is 1.15 bits per heavy atom. The van der Waals surface area contributed by atoms with Crippen LogP contribution in [0.3, 0.4) is 0 Å². The average molecular weight is 283 g/mol. The lowest BCUT2D eigenvalue weighted by Gasteiger charge is -2.02. The molecule has 0 fully saturated rings. The molecule has 0 aliphatic carbocycles. The Balaban J connectivity index is 2.05. The van der Waals surface area contributed by atoms with Gasteiger partial charge in [-0.1, -0.05) is 23.7 Å². The first-order valence-corrected chi connectivity index (χ1v) is 6.30. The molecule has 3 nitrogen and oxygen atoms in total. The number of para-hydroxylation sites is 1. The highest BCUT2D eigenvalue weighted by Crippen LogP contribution is 2.14. The van der Waals surface area contributed by atoms with Crippen LogP contribution in [0.1, 0.15) is 15.9 Å². The first kappa shape index (κ1) is 13.9. The lowest BCUT2D eigenvalue weighted by Crippen LogP contribution is -1.97. The lowest BCUT2D eigenvalue weighted by molar-refractivity contribution is 0.104. The number of nitrogens with zero attached hydrogens (tertiary/aromatic N) is 1. The van der Waals surface area contributed by atoms with Crippen molar-refractivity contribution in [2.45, 2.75) is 0 Å². The van der Waals surface area contributed by atoms with Crippen LogP contribution in [0.2, 0.25) is 5.02 Å². The molecule has 0 spiro atoms. The highest BCUT2D eigenvalue weighted by molar-refractivity contribution is 6.30. The van der Waals surface area contributed by atoms with Crippen LogP contribution < -0.4 is 5.32 Å². The van der Waals surface area contributed by atoms with Crippen molar-refractivity contribution < 1.29 is 4.79 Å². The Hall–Kier alpha value is -2.57. The summed E-state index contributed by atoms with van der Waals surface area (Å²) in [7, 11) is 0. The van der Waals surface area contributed by atoms with Gasteiger partial charge in [0.25, 0.3) is 0 Å². The zero-order valence-corrected chi connectivity index (χ0v) is 11.3. The van der Waals surface area contributed by atoms with Crippen molar-refractivity contribution in [1.82, 2.24) is 0 Å². The van der Waals surface area contributed by atoms with E-state index >= 15 is 0 Å². The van der Waals surface area contributed by atoms with Crippen molar-refractivity contribution >= 4 is 23.1 Å². The van der Waals surface area contributed by atoms with Crippen LogP contribution in [-0.4, -0.2) is 5.78 Å². The number of carbonyl (C=O) groups is 1. The summed E-state index contributed by atoms with van der Waals surface area (Å²) in [5.41, 5.74) is 1.74. The van der Waals surface area contributed by atoms with E-state index in [-0.39, 0.29) is 5.78 Å². The predicted octanol–water partition coefficient (Wildman–Crippen LogP) is 4.02. The largest absolute Gasteiger partial charge is 0.360 e. The van der Waals surface area contributed by atoms with Crippen LogP contribution in [0.5, 0.6) is 0 Å². The van der Waals surface area contributed by atoms with Gasteiger partial charge in [-0.05, 0) is 36.4 Å². The van der Waals surface area contributed by atoms with Crippen LogP contribution >= 0.6 is 11.6 Å². The normalized spacial score (nSPS) is 10.2. The number of hydrogen-bond acceptors (Lipinski definition) is 3. The summed E-state index contributed by atoms with van der Waals surface area (Å²) in [6, 6.07) is 15.8. The van der Waals surface area contributed by atoms with E-state index in [1.807, 2.05) is 6.07 Å². The van der Waals surface area contributed by atoms with Gasteiger partial charge in [-0.25, -0.2) is 0 Å². The van der Waals surface area contributed by atoms with Crippen LogP contribution in [0.25, 0.3) is 0 Å². The molecule has 20 heavy (non-hydrogen) atoms. The van der Waals surface area contributed by atoms with Gasteiger partial charge >= 0.3 is 0 Å². The van der Waals surface area contributed by atoms with Crippen LogP contribution in [0.15, 0.2) is 60.8 Å². The minimum Gasteiger partial charge on any atom is -0.360 e. The molecule has 0 aliphatic rings. The molecule has 2 aromatic carbocycles. The summed E-state index contributed by atoms with van der Waals surface area (Å²) < 4.78 is 0. The molecule has 0 unspecified atom stereocenters. The zero-order chi connectivity index (χ0) is 14.4. The molecule has 4 heteroatoms. The number of carbonyl (C=O) groups excluding carboxylic acids is 1.